The van der Waals surface area contributed by atoms with Gasteiger partial charge in [-0.25, -0.2) is 0 Å². The number of rotatable bonds is 3. The quantitative estimate of drug-likeness (QED) is 0.831. The predicted molar refractivity (Wildman–Crippen MR) is 93.1 cm³/mol. The first kappa shape index (κ1) is 14.6. The summed E-state index contributed by atoms with van der Waals surface area (Å²) < 4.78 is 2.11. The Morgan fingerprint density at radius 1 is 1.10 bits per heavy atom. The molecule has 0 saturated heterocycles. The van der Waals surface area contributed by atoms with Crippen LogP contribution in [0.25, 0.3) is 0 Å². The molecular weight excluding hydrogens is 394 g/mol. The summed E-state index contributed by atoms with van der Waals surface area (Å²) >= 11 is 7.09. The van der Waals surface area contributed by atoms with Gasteiger partial charge in [0.2, 0.25) is 0 Å². The van der Waals surface area contributed by atoms with Crippen LogP contribution < -0.4 is 5.73 Å². The third kappa shape index (κ3) is 3.30. The molecule has 0 saturated carbocycles. The summed E-state index contributed by atoms with van der Waals surface area (Å²) in [6.07, 6.45) is 0. The zero-order valence-corrected chi connectivity index (χ0v) is 14.5. The first-order valence-electron chi connectivity index (χ1n) is 6.70. The highest BCUT2D eigenvalue weighted by Gasteiger charge is 2.27. The van der Waals surface area contributed by atoms with E-state index in [2.05, 4.69) is 66.0 Å². The molecule has 1 atom stereocenters. The van der Waals surface area contributed by atoms with Crippen molar-refractivity contribution in [3.05, 3.63) is 68.6 Å². The second-order valence-electron chi connectivity index (χ2n) is 5.03. The van der Waals surface area contributed by atoms with Gasteiger partial charge < -0.3 is 10.6 Å². The molecule has 1 unspecified atom stereocenters. The fourth-order valence-electron chi connectivity index (χ4n) is 2.55. The van der Waals surface area contributed by atoms with Crippen molar-refractivity contribution in [1.82, 2.24) is 4.90 Å². The van der Waals surface area contributed by atoms with Crippen LogP contribution in [0.4, 0.5) is 0 Å². The normalized spacial score (nSPS) is 17.9. The van der Waals surface area contributed by atoms with Crippen LogP contribution in [0, 0.1) is 0 Å². The molecule has 2 aromatic carbocycles. The highest BCUT2D eigenvalue weighted by molar-refractivity contribution is 9.11. The Bertz CT molecular complexity index is 650. The first-order valence-corrected chi connectivity index (χ1v) is 8.28. The van der Waals surface area contributed by atoms with Crippen molar-refractivity contribution in [3.8, 4) is 0 Å². The summed E-state index contributed by atoms with van der Waals surface area (Å²) in [5.41, 5.74) is 8.52. The lowest BCUT2D eigenvalue weighted by Gasteiger charge is -2.27. The maximum absolute atomic E-state index is 6.08. The smallest absolute Gasteiger partial charge is 0.192 e. The van der Waals surface area contributed by atoms with E-state index in [0.29, 0.717) is 12.5 Å². The molecule has 21 heavy (non-hydrogen) atoms. The van der Waals surface area contributed by atoms with E-state index in [1.807, 2.05) is 24.3 Å². The Labute approximate surface area is 141 Å². The van der Waals surface area contributed by atoms with E-state index in [4.69, 9.17) is 5.73 Å². The third-order valence-corrected chi connectivity index (χ3v) is 4.48. The van der Waals surface area contributed by atoms with Crippen LogP contribution in [0.15, 0.2) is 62.5 Å². The largest absolute Gasteiger partial charge is 0.370 e. The highest BCUT2D eigenvalue weighted by Crippen LogP contribution is 2.31. The maximum Gasteiger partial charge on any atom is 0.192 e. The number of guanidine groups is 1. The second-order valence-corrected chi connectivity index (χ2v) is 6.86. The molecule has 0 bridgehead atoms. The van der Waals surface area contributed by atoms with Gasteiger partial charge in [0.15, 0.2) is 5.96 Å². The number of hydrogen-bond acceptors (Lipinski definition) is 3. The van der Waals surface area contributed by atoms with Crippen molar-refractivity contribution in [1.29, 1.82) is 0 Å². The van der Waals surface area contributed by atoms with Gasteiger partial charge in [0.05, 0.1) is 12.6 Å². The van der Waals surface area contributed by atoms with Crippen molar-refractivity contribution < 1.29 is 0 Å². The van der Waals surface area contributed by atoms with Gasteiger partial charge in [-0.2, -0.15) is 0 Å². The summed E-state index contributed by atoms with van der Waals surface area (Å²) in [5, 5.41) is 0. The monoisotopic (exact) mass is 407 g/mol. The summed E-state index contributed by atoms with van der Waals surface area (Å²) in [7, 11) is 0. The lowest BCUT2D eigenvalue weighted by atomic mass is 10.1. The summed E-state index contributed by atoms with van der Waals surface area (Å²) in [6, 6.07) is 16.8. The van der Waals surface area contributed by atoms with Gasteiger partial charge in [-0.1, -0.05) is 62.2 Å². The lowest BCUT2D eigenvalue weighted by molar-refractivity contribution is 0.340. The molecule has 2 N–H and O–H groups in total. The second kappa shape index (κ2) is 6.20. The van der Waals surface area contributed by atoms with Crippen molar-refractivity contribution in [3.63, 3.8) is 0 Å². The van der Waals surface area contributed by atoms with Crippen LogP contribution in [0.2, 0.25) is 0 Å². The minimum atomic E-state index is 0.180. The minimum Gasteiger partial charge on any atom is -0.370 e. The number of aliphatic imine (C=N–C) groups is 1. The van der Waals surface area contributed by atoms with Gasteiger partial charge in [-0.05, 0) is 29.3 Å². The molecule has 108 valence electrons. The highest BCUT2D eigenvalue weighted by atomic mass is 79.9. The fraction of sp³-hybridized carbons (Fsp3) is 0.188. The Morgan fingerprint density at radius 2 is 1.76 bits per heavy atom. The SMILES string of the molecule is NC1=NCC(c2cc(Br)cc(Br)c2)N1Cc1ccccc1. The Kier molecular flexibility index (Phi) is 4.31. The van der Waals surface area contributed by atoms with Gasteiger partial charge in [0, 0.05) is 15.5 Å². The van der Waals surface area contributed by atoms with Crippen LogP contribution in [0.5, 0.6) is 0 Å². The van der Waals surface area contributed by atoms with E-state index < -0.39 is 0 Å². The van der Waals surface area contributed by atoms with Crippen molar-refractivity contribution in [2.24, 2.45) is 10.7 Å². The molecule has 0 amide bonds. The van der Waals surface area contributed by atoms with E-state index in [0.717, 1.165) is 15.5 Å². The van der Waals surface area contributed by atoms with Crippen LogP contribution in [-0.4, -0.2) is 17.4 Å². The molecule has 0 aliphatic carbocycles. The third-order valence-electron chi connectivity index (χ3n) is 3.56. The van der Waals surface area contributed by atoms with Gasteiger partial charge in [0.25, 0.3) is 0 Å². The minimum absolute atomic E-state index is 0.180. The number of nitrogens with two attached hydrogens (primary N) is 1. The van der Waals surface area contributed by atoms with E-state index in [9.17, 15) is 0 Å². The molecule has 3 nitrogen and oxygen atoms in total. The molecule has 1 heterocycles. The Balaban J connectivity index is 1.88. The number of benzene rings is 2. The topological polar surface area (TPSA) is 41.6 Å². The average molecular weight is 409 g/mol. The Morgan fingerprint density at radius 3 is 2.43 bits per heavy atom. The van der Waals surface area contributed by atoms with E-state index in [1.165, 1.54) is 11.1 Å². The number of halogens is 2. The summed E-state index contributed by atoms with van der Waals surface area (Å²) in [6.45, 7) is 1.46. The van der Waals surface area contributed by atoms with Crippen LogP contribution in [0.1, 0.15) is 17.2 Å². The Hall–Kier alpha value is -1.33. The average Bonchev–Trinajstić information content (AvgIpc) is 2.80. The van der Waals surface area contributed by atoms with E-state index >= 15 is 0 Å². The standard InChI is InChI=1S/C16H15Br2N3/c17-13-6-12(7-14(18)8-13)15-9-20-16(19)21(15)10-11-4-2-1-3-5-11/h1-8,15H,9-10H2,(H2,19,20). The predicted octanol–water partition coefficient (Wildman–Crippen LogP) is 4.08. The van der Waals surface area contributed by atoms with Gasteiger partial charge in [-0.3, -0.25) is 4.99 Å². The fourth-order valence-corrected chi connectivity index (χ4v) is 3.88. The van der Waals surface area contributed by atoms with Crippen molar-refractivity contribution in [2.75, 3.05) is 6.54 Å². The zero-order valence-electron chi connectivity index (χ0n) is 11.3. The summed E-state index contributed by atoms with van der Waals surface area (Å²) in [5.74, 6) is 0.611. The van der Waals surface area contributed by atoms with Crippen molar-refractivity contribution in [2.45, 2.75) is 12.6 Å². The summed E-state index contributed by atoms with van der Waals surface area (Å²) in [4.78, 5) is 6.58. The molecule has 0 spiro atoms. The molecule has 0 radical (unpaired) electrons. The van der Waals surface area contributed by atoms with Gasteiger partial charge >= 0.3 is 0 Å². The molecule has 2 aromatic rings. The first-order chi connectivity index (χ1) is 10.1. The van der Waals surface area contributed by atoms with Crippen molar-refractivity contribution >= 4 is 37.8 Å². The molecule has 1 aliphatic heterocycles. The number of hydrogen-bond donors (Lipinski definition) is 1. The van der Waals surface area contributed by atoms with Crippen LogP contribution >= 0.6 is 31.9 Å². The van der Waals surface area contributed by atoms with Gasteiger partial charge in [0.1, 0.15) is 0 Å². The van der Waals surface area contributed by atoms with Crippen LogP contribution in [-0.2, 0) is 6.54 Å². The lowest BCUT2D eigenvalue weighted by Crippen LogP contribution is -2.35. The molecule has 5 heteroatoms. The maximum atomic E-state index is 6.08. The molecular formula is C16H15Br2N3. The molecule has 0 fully saturated rings. The molecule has 0 aromatic heterocycles. The van der Waals surface area contributed by atoms with Crippen LogP contribution in [0.3, 0.4) is 0 Å². The molecule has 1 aliphatic rings. The van der Waals surface area contributed by atoms with E-state index in [1.54, 1.807) is 0 Å². The number of nitrogens with zero attached hydrogens (tertiary/aromatic N) is 2. The molecule has 3 rings (SSSR count). The van der Waals surface area contributed by atoms with E-state index in [-0.39, 0.29) is 6.04 Å². The zero-order chi connectivity index (χ0) is 14.8. The van der Waals surface area contributed by atoms with Gasteiger partial charge in [-0.15, -0.1) is 0 Å².